The van der Waals surface area contributed by atoms with Crippen molar-refractivity contribution >= 4 is 17.7 Å². The van der Waals surface area contributed by atoms with E-state index < -0.39 is 5.97 Å². The first-order chi connectivity index (χ1) is 8.70. The quantitative estimate of drug-likeness (QED) is 0.754. The number of rotatable bonds is 6. The number of carboxylic acid groups (broad SMARTS) is 1. The molecule has 18 heavy (non-hydrogen) atoms. The lowest BCUT2D eigenvalue weighted by Gasteiger charge is -2.13. The first-order valence-electron chi connectivity index (χ1n) is 6.08. The summed E-state index contributed by atoms with van der Waals surface area (Å²) in [5.41, 5.74) is 0. The zero-order valence-electron chi connectivity index (χ0n) is 10.1. The van der Waals surface area contributed by atoms with Crippen molar-refractivity contribution < 1.29 is 15.0 Å². The molecule has 0 saturated heterocycles. The fourth-order valence-corrected chi connectivity index (χ4v) is 2.99. The topological polar surface area (TPSA) is 88.2 Å². The molecule has 0 spiro atoms. The van der Waals surface area contributed by atoms with Gasteiger partial charge in [0.05, 0.1) is 5.75 Å². The first-order valence-corrected chi connectivity index (χ1v) is 7.06. The number of aliphatic hydroxyl groups is 1. The molecule has 0 amide bonds. The third-order valence-corrected chi connectivity index (χ3v) is 4.13. The summed E-state index contributed by atoms with van der Waals surface area (Å²) in [5, 5.41) is 26.4. The molecule has 1 heterocycles. The van der Waals surface area contributed by atoms with Gasteiger partial charge in [-0.2, -0.15) is 0 Å². The van der Waals surface area contributed by atoms with E-state index in [2.05, 4.69) is 10.2 Å². The van der Waals surface area contributed by atoms with Crippen LogP contribution >= 0.6 is 11.8 Å². The molecule has 0 radical (unpaired) electrons. The third-order valence-electron chi connectivity index (χ3n) is 3.18. The molecule has 1 aromatic heterocycles. The van der Waals surface area contributed by atoms with Crippen LogP contribution in [0.3, 0.4) is 0 Å². The van der Waals surface area contributed by atoms with E-state index in [1.54, 1.807) is 0 Å². The molecule has 7 heteroatoms. The van der Waals surface area contributed by atoms with E-state index in [1.165, 1.54) is 25.7 Å². The SMILES string of the molecule is O=C(O)CSc1nnc(CO)n1CC1CCCC1. The summed E-state index contributed by atoms with van der Waals surface area (Å²) in [6.45, 7) is 0.623. The number of thioether (sulfide) groups is 1. The molecule has 1 aromatic rings. The molecule has 0 bridgehead atoms. The average molecular weight is 271 g/mol. The maximum atomic E-state index is 10.6. The summed E-state index contributed by atoms with van der Waals surface area (Å²) in [6.07, 6.45) is 4.87. The Morgan fingerprint density at radius 1 is 1.39 bits per heavy atom. The fraction of sp³-hybridized carbons (Fsp3) is 0.727. The van der Waals surface area contributed by atoms with Gasteiger partial charge in [0.25, 0.3) is 0 Å². The van der Waals surface area contributed by atoms with Crippen LogP contribution in [-0.4, -0.2) is 36.7 Å². The van der Waals surface area contributed by atoms with Crippen LogP contribution in [0.5, 0.6) is 0 Å². The molecule has 0 aromatic carbocycles. The third kappa shape index (κ3) is 3.23. The Labute approximate surface area is 109 Å². The van der Waals surface area contributed by atoms with Crippen molar-refractivity contribution in [1.29, 1.82) is 0 Å². The molecule has 1 aliphatic carbocycles. The van der Waals surface area contributed by atoms with E-state index in [0.29, 0.717) is 16.9 Å². The monoisotopic (exact) mass is 271 g/mol. The second-order valence-electron chi connectivity index (χ2n) is 4.50. The van der Waals surface area contributed by atoms with Gasteiger partial charge in [-0.15, -0.1) is 10.2 Å². The van der Waals surface area contributed by atoms with Gasteiger partial charge in [0.1, 0.15) is 6.61 Å². The second-order valence-corrected chi connectivity index (χ2v) is 5.44. The van der Waals surface area contributed by atoms with Gasteiger partial charge in [-0.1, -0.05) is 24.6 Å². The van der Waals surface area contributed by atoms with Crippen molar-refractivity contribution in [3.63, 3.8) is 0 Å². The van der Waals surface area contributed by atoms with Crippen molar-refractivity contribution in [3.05, 3.63) is 5.82 Å². The van der Waals surface area contributed by atoms with E-state index in [-0.39, 0.29) is 12.4 Å². The molecule has 0 unspecified atom stereocenters. The van der Waals surface area contributed by atoms with E-state index in [4.69, 9.17) is 5.11 Å². The van der Waals surface area contributed by atoms with Crippen molar-refractivity contribution in [3.8, 4) is 0 Å². The lowest BCUT2D eigenvalue weighted by Crippen LogP contribution is -2.12. The minimum Gasteiger partial charge on any atom is -0.481 e. The summed E-state index contributed by atoms with van der Waals surface area (Å²) < 4.78 is 1.86. The Balaban J connectivity index is 2.08. The maximum Gasteiger partial charge on any atom is 0.313 e. The number of carbonyl (C=O) groups is 1. The van der Waals surface area contributed by atoms with Crippen molar-refractivity contribution in [2.45, 2.75) is 44.0 Å². The van der Waals surface area contributed by atoms with Gasteiger partial charge in [-0.25, -0.2) is 0 Å². The number of nitrogens with zero attached hydrogens (tertiary/aromatic N) is 3. The Bertz CT molecular complexity index is 416. The van der Waals surface area contributed by atoms with E-state index in [9.17, 15) is 9.90 Å². The second kappa shape index (κ2) is 6.19. The highest BCUT2D eigenvalue weighted by Crippen LogP contribution is 2.28. The van der Waals surface area contributed by atoms with Crippen molar-refractivity contribution in [2.24, 2.45) is 5.92 Å². The molecule has 2 rings (SSSR count). The van der Waals surface area contributed by atoms with Gasteiger partial charge < -0.3 is 14.8 Å². The van der Waals surface area contributed by atoms with Crippen molar-refractivity contribution in [1.82, 2.24) is 14.8 Å². The van der Waals surface area contributed by atoms with Crippen LogP contribution in [0.25, 0.3) is 0 Å². The number of hydrogen-bond acceptors (Lipinski definition) is 5. The Morgan fingerprint density at radius 2 is 2.11 bits per heavy atom. The summed E-state index contributed by atoms with van der Waals surface area (Å²) in [6, 6.07) is 0. The van der Waals surface area contributed by atoms with Crippen LogP contribution in [0.4, 0.5) is 0 Å². The van der Waals surface area contributed by atoms with Crippen LogP contribution in [-0.2, 0) is 17.9 Å². The van der Waals surface area contributed by atoms with Crippen LogP contribution in [0.2, 0.25) is 0 Å². The molecular formula is C11H17N3O3S. The van der Waals surface area contributed by atoms with Gasteiger partial charge in [-0.05, 0) is 18.8 Å². The van der Waals surface area contributed by atoms with E-state index in [0.717, 1.165) is 18.3 Å². The molecule has 6 nitrogen and oxygen atoms in total. The van der Waals surface area contributed by atoms with Crippen molar-refractivity contribution in [2.75, 3.05) is 5.75 Å². The molecule has 0 aliphatic heterocycles. The molecule has 1 fully saturated rings. The lowest BCUT2D eigenvalue weighted by molar-refractivity contribution is -0.133. The molecule has 1 saturated carbocycles. The molecule has 1 aliphatic rings. The standard InChI is InChI=1S/C11H17N3O3S/c15-6-9-12-13-11(18-7-10(16)17)14(9)5-8-3-1-2-4-8/h8,15H,1-7H2,(H,16,17). The van der Waals surface area contributed by atoms with Crippen LogP contribution < -0.4 is 0 Å². The van der Waals surface area contributed by atoms with Crippen LogP contribution in [0.1, 0.15) is 31.5 Å². The predicted octanol–water partition coefficient (Wildman–Crippen LogP) is 1.14. The maximum absolute atomic E-state index is 10.6. The number of aliphatic hydroxyl groups excluding tert-OH is 1. The number of aliphatic carboxylic acids is 1. The molecular weight excluding hydrogens is 254 g/mol. The molecule has 0 atom stereocenters. The van der Waals surface area contributed by atoms with Gasteiger partial charge in [0, 0.05) is 6.54 Å². The predicted molar refractivity (Wildman–Crippen MR) is 66.3 cm³/mol. The normalized spacial score (nSPS) is 16.3. The lowest BCUT2D eigenvalue weighted by atomic mass is 10.1. The Morgan fingerprint density at radius 3 is 2.72 bits per heavy atom. The zero-order chi connectivity index (χ0) is 13.0. The average Bonchev–Trinajstić information content (AvgIpc) is 2.97. The highest BCUT2D eigenvalue weighted by atomic mass is 32.2. The van der Waals surface area contributed by atoms with Crippen LogP contribution in [0.15, 0.2) is 5.16 Å². The zero-order valence-corrected chi connectivity index (χ0v) is 10.9. The highest BCUT2D eigenvalue weighted by molar-refractivity contribution is 7.99. The summed E-state index contributed by atoms with van der Waals surface area (Å²) >= 11 is 1.15. The van der Waals surface area contributed by atoms with Gasteiger partial charge in [0.2, 0.25) is 0 Å². The van der Waals surface area contributed by atoms with E-state index >= 15 is 0 Å². The first kappa shape index (κ1) is 13.4. The fourth-order valence-electron chi connectivity index (χ4n) is 2.30. The highest BCUT2D eigenvalue weighted by Gasteiger charge is 2.20. The number of aromatic nitrogens is 3. The minimum atomic E-state index is -0.874. The minimum absolute atomic E-state index is 0.0335. The molecule has 2 N–H and O–H groups in total. The van der Waals surface area contributed by atoms with Gasteiger partial charge in [-0.3, -0.25) is 4.79 Å². The van der Waals surface area contributed by atoms with Gasteiger partial charge >= 0.3 is 5.97 Å². The Hall–Kier alpha value is -1.08. The van der Waals surface area contributed by atoms with Gasteiger partial charge in [0.15, 0.2) is 11.0 Å². The van der Waals surface area contributed by atoms with E-state index in [1.807, 2.05) is 4.57 Å². The smallest absolute Gasteiger partial charge is 0.313 e. The number of hydrogen-bond donors (Lipinski definition) is 2. The Kier molecular flexibility index (Phi) is 4.60. The summed E-state index contributed by atoms with van der Waals surface area (Å²) in [5.74, 6) is 0.208. The summed E-state index contributed by atoms with van der Waals surface area (Å²) in [7, 11) is 0. The summed E-state index contributed by atoms with van der Waals surface area (Å²) in [4.78, 5) is 10.6. The van der Waals surface area contributed by atoms with Crippen LogP contribution in [0, 0.1) is 5.92 Å². The largest absolute Gasteiger partial charge is 0.481 e. The number of carboxylic acids is 1. The molecule has 100 valence electrons.